The first-order valence-corrected chi connectivity index (χ1v) is 2.34. The standard InChI is InChI=1S/C6H10O/c1-3-4-6(2)5-7/h4-5H,3H2,1-2H3/i4D. The Kier molecular flexibility index (Phi) is 2.34. The van der Waals surface area contributed by atoms with Crippen LogP contribution in [-0.2, 0) is 4.79 Å². The van der Waals surface area contributed by atoms with E-state index >= 15 is 0 Å². The van der Waals surface area contributed by atoms with Gasteiger partial charge in [0.2, 0.25) is 0 Å². The van der Waals surface area contributed by atoms with Gasteiger partial charge in [-0.2, -0.15) is 0 Å². The summed E-state index contributed by atoms with van der Waals surface area (Å²) in [5.74, 6) is 0. The van der Waals surface area contributed by atoms with Gasteiger partial charge >= 0.3 is 0 Å². The topological polar surface area (TPSA) is 17.1 Å². The molecule has 0 spiro atoms. The first-order chi connectivity index (χ1) is 3.72. The molecule has 0 radical (unpaired) electrons. The smallest absolute Gasteiger partial charge is 0.145 e. The Morgan fingerprint density at radius 3 is 2.71 bits per heavy atom. The van der Waals surface area contributed by atoms with E-state index in [1.807, 2.05) is 6.92 Å². The summed E-state index contributed by atoms with van der Waals surface area (Å²) >= 11 is 0. The van der Waals surface area contributed by atoms with Gasteiger partial charge in [0.1, 0.15) is 6.29 Å². The quantitative estimate of drug-likeness (QED) is 0.379. The summed E-state index contributed by atoms with van der Waals surface area (Å²) in [6.45, 7) is 3.51. The minimum absolute atomic E-state index is 0.431. The summed E-state index contributed by atoms with van der Waals surface area (Å²) in [6.07, 6.45) is 1.36. The van der Waals surface area contributed by atoms with Gasteiger partial charge in [-0.05, 0) is 18.9 Å². The maximum absolute atomic E-state index is 9.93. The van der Waals surface area contributed by atoms with E-state index in [9.17, 15) is 4.79 Å². The summed E-state index contributed by atoms with van der Waals surface area (Å²) in [7, 11) is 0. The zero-order chi connectivity index (χ0) is 6.57. The Balaban J connectivity index is 4.03. The molecule has 0 aliphatic rings. The number of hydrogen-bond donors (Lipinski definition) is 0. The third-order valence-corrected chi connectivity index (χ3v) is 0.632. The van der Waals surface area contributed by atoms with Crippen LogP contribution in [0.1, 0.15) is 21.6 Å². The van der Waals surface area contributed by atoms with Crippen LogP contribution in [0.2, 0.25) is 0 Å². The number of carbonyl (C=O) groups excluding carboxylic acids is 1. The van der Waals surface area contributed by atoms with Crippen molar-refractivity contribution in [3.8, 4) is 0 Å². The highest BCUT2D eigenvalue weighted by molar-refractivity contribution is 5.71. The zero-order valence-corrected chi connectivity index (χ0v) is 4.69. The molecule has 0 bridgehead atoms. The fourth-order valence-electron chi connectivity index (χ4n) is 0.321. The molecule has 0 amide bonds. The molecule has 0 aromatic heterocycles. The van der Waals surface area contributed by atoms with E-state index in [1.54, 1.807) is 6.92 Å². The van der Waals surface area contributed by atoms with E-state index in [1.165, 1.54) is 0 Å². The molecular formula is C6H10O. The Labute approximate surface area is 45.4 Å². The van der Waals surface area contributed by atoms with Crippen LogP contribution in [0, 0.1) is 0 Å². The summed E-state index contributed by atoms with van der Waals surface area (Å²) in [5.41, 5.74) is 0.535. The first-order valence-electron chi connectivity index (χ1n) is 2.84. The zero-order valence-electron chi connectivity index (χ0n) is 5.69. The molecule has 0 aliphatic heterocycles. The number of allylic oxidation sites excluding steroid dienone is 2. The van der Waals surface area contributed by atoms with Crippen molar-refractivity contribution in [3.05, 3.63) is 11.6 Å². The minimum atomic E-state index is 0.431. The fourth-order valence-corrected chi connectivity index (χ4v) is 0.321. The molecule has 0 heterocycles. The summed E-state index contributed by atoms with van der Waals surface area (Å²) < 4.78 is 7.08. The molecule has 0 fully saturated rings. The molecule has 0 unspecified atom stereocenters. The molecule has 0 saturated heterocycles. The normalized spacial score (nSPS) is 14.9. The molecule has 0 saturated carbocycles. The molecular weight excluding hydrogens is 88.1 g/mol. The van der Waals surface area contributed by atoms with E-state index in [0.717, 1.165) is 0 Å². The van der Waals surface area contributed by atoms with Crippen LogP contribution in [0.25, 0.3) is 0 Å². The van der Waals surface area contributed by atoms with Gasteiger partial charge in [0.25, 0.3) is 0 Å². The van der Waals surface area contributed by atoms with Crippen molar-refractivity contribution in [2.45, 2.75) is 20.3 Å². The van der Waals surface area contributed by atoms with Crippen molar-refractivity contribution in [1.29, 1.82) is 0 Å². The highest BCUT2D eigenvalue weighted by atomic mass is 16.1. The van der Waals surface area contributed by atoms with Crippen molar-refractivity contribution < 1.29 is 6.17 Å². The molecule has 0 N–H and O–H groups in total. The van der Waals surface area contributed by atoms with Crippen molar-refractivity contribution >= 4 is 6.29 Å². The van der Waals surface area contributed by atoms with Crippen LogP contribution >= 0.6 is 0 Å². The highest BCUT2D eigenvalue weighted by Crippen LogP contribution is 1.87. The average Bonchev–Trinajstić information content (AvgIpc) is 1.84. The predicted octanol–water partition coefficient (Wildman–Crippen LogP) is 1.54. The third-order valence-electron chi connectivity index (χ3n) is 0.632. The monoisotopic (exact) mass is 99.1 g/mol. The van der Waals surface area contributed by atoms with Gasteiger partial charge in [-0.25, -0.2) is 0 Å². The van der Waals surface area contributed by atoms with Crippen LogP contribution in [0.3, 0.4) is 0 Å². The van der Waals surface area contributed by atoms with Crippen LogP contribution in [-0.4, -0.2) is 6.29 Å². The number of aldehydes is 1. The van der Waals surface area contributed by atoms with Gasteiger partial charge in [-0.15, -0.1) is 0 Å². The molecule has 0 atom stereocenters. The van der Waals surface area contributed by atoms with Gasteiger partial charge in [0.15, 0.2) is 0 Å². The maximum Gasteiger partial charge on any atom is 0.145 e. The lowest BCUT2D eigenvalue weighted by molar-refractivity contribution is -0.104. The Hall–Kier alpha value is -0.590. The molecule has 0 aromatic rings. The second-order valence-corrected chi connectivity index (χ2v) is 1.33. The molecule has 0 aliphatic carbocycles. The molecule has 40 valence electrons. The lowest BCUT2D eigenvalue weighted by Gasteiger charge is -1.79. The van der Waals surface area contributed by atoms with Crippen LogP contribution < -0.4 is 0 Å². The fraction of sp³-hybridized carbons (Fsp3) is 0.500. The van der Waals surface area contributed by atoms with Crippen molar-refractivity contribution in [2.75, 3.05) is 0 Å². The van der Waals surface area contributed by atoms with E-state index in [2.05, 4.69) is 0 Å². The number of rotatable bonds is 2. The Morgan fingerprint density at radius 2 is 2.57 bits per heavy atom. The van der Waals surface area contributed by atoms with Crippen molar-refractivity contribution in [2.24, 2.45) is 0 Å². The lowest BCUT2D eigenvalue weighted by Crippen LogP contribution is -1.72. The van der Waals surface area contributed by atoms with Gasteiger partial charge in [-0.1, -0.05) is 13.0 Å². The second-order valence-electron chi connectivity index (χ2n) is 1.33. The third kappa shape index (κ3) is 3.23. The molecule has 1 heteroatoms. The molecule has 0 aromatic carbocycles. The maximum atomic E-state index is 9.93. The number of hydrogen-bond acceptors (Lipinski definition) is 1. The molecule has 7 heavy (non-hydrogen) atoms. The van der Waals surface area contributed by atoms with E-state index < -0.39 is 0 Å². The van der Waals surface area contributed by atoms with E-state index in [-0.39, 0.29) is 0 Å². The SMILES string of the molecule is [2H]C(CC)=C(C)C=O. The van der Waals surface area contributed by atoms with Crippen molar-refractivity contribution in [3.63, 3.8) is 0 Å². The molecule has 1 nitrogen and oxygen atoms in total. The van der Waals surface area contributed by atoms with E-state index in [0.29, 0.717) is 24.3 Å². The van der Waals surface area contributed by atoms with Crippen molar-refractivity contribution in [1.82, 2.24) is 0 Å². The first kappa shape index (κ1) is 4.57. The Bertz CT molecular complexity index is 116. The number of carbonyl (C=O) groups is 1. The summed E-state index contributed by atoms with van der Waals surface area (Å²) in [4.78, 5) is 9.93. The summed E-state index contributed by atoms with van der Waals surface area (Å²) in [5, 5.41) is 0. The van der Waals surface area contributed by atoms with E-state index in [4.69, 9.17) is 1.37 Å². The van der Waals surface area contributed by atoms with Crippen LogP contribution in [0.4, 0.5) is 0 Å². The predicted molar refractivity (Wildman–Crippen MR) is 30.1 cm³/mol. The Morgan fingerprint density at radius 1 is 2.00 bits per heavy atom. The lowest BCUT2D eigenvalue weighted by atomic mass is 10.3. The van der Waals surface area contributed by atoms with Gasteiger partial charge in [0.05, 0.1) is 1.37 Å². The minimum Gasteiger partial charge on any atom is -0.298 e. The second kappa shape index (κ2) is 3.59. The highest BCUT2D eigenvalue weighted by Gasteiger charge is 1.76. The average molecular weight is 99.2 g/mol. The van der Waals surface area contributed by atoms with Crippen LogP contribution in [0.15, 0.2) is 11.6 Å². The van der Waals surface area contributed by atoms with Gasteiger partial charge < -0.3 is 0 Å². The largest absolute Gasteiger partial charge is 0.298 e. The van der Waals surface area contributed by atoms with Crippen LogP contribution in [0.5, 0.6) is 0 Å². The van der Waals surface area contributed by atoms with Gasteiger partial charge in [0, 0.05) is 0 Å². The molecule has 0 rings (SSSR count). The summed E-state index contributed by atoms with van der Waals surface area (Å²) in [6, 6.07) is 0.431. The van der Waals surface area contributed by atoms with Gasteiger partial charge in [-0.3, -0.25) is 4.79 Å².